The molecular formula is C13H21BrN4O. The molecule has 1 unspecified atom stereocenters. The van der Waals surface area contributed by atoms with Crippen molar-refractivity contribution in [3.8, 4) is 0 Å². The van der Waals surface area contributed by atoms with Gasteiger partial charge in [0.1, 0.15) is 0 Å². The fourth-order valence-corrected chi connectivity index (χ4v) is 3.20. The monoisotopic (exact) mass is 328 g/mol. The molecule has 2 heterocycles. The average Bonchev–Trinajstić information content (AvgIpc) is 2.92. The molecule has 6 heteroatoms. The number of hydrogen-bond donors (Lipinski definition) is 2. The topological polar surface area (TPSA) is 61.0 Å². The van der Waals surface area contributed by atoms with E-state index in [1.165, 1.54) is 0 Å². The molecule has 0 radical (unpaired) electrons. The predicted octanol–water partition coefficient (Wildman–Crippen LogP) is 1.98. The van der Waals surface area contributed by atoms with Crippen LogP contribution in [-0.2, 0) is 0 Å². The van der Waals surface area contributed by atoms with E-state index in [0.29, 0.717) is 17.5 Å². The molecule has 2 N–H and O–H groups in total. The van der Waals surface area contributed by atoms with Crippen LogP contribution in [0, 0.1) is 5.92 Å². The molecule has 1 saturated heterocycles. The van der Waals surface area contributed by atoms with Gasteiger partial charge in [-0.3, -0.25) is 9.89 Å². The van der Waals surface area contributed by atoms with Crippen molar-refractivity contribution < 1.29 is 4.79 Å². The van der Waals surface area contributed by atoms with Gasteiger partial charge in [-0.05, 0) is 47.8 Å². The van der Waals surface area contributed by atoms with Gasteiger partial charge in [0.2, 0.25) is 0 Å². The maximum atomic E-state index is 12.1. The molecule has 0 aromatic carbocycles. The number of carbonyl (C=O) groups excluding carboxylic acids is 1. The molecular weight excluding hydrogens is 308 g/mol. The van der Waals surface area contributed by atoms with Crippen LogP contribution < -0.4 is 5.32 Å². The Hall–Kier alpha value is -0.880. The predicted molar refractivity (Wildman–Crippen MR) is 78.3 cm³/mol. The lowest BCUT2D eigenvalue weighted by molar-refractivity contribution is 0.0941. The van der Waals surface area contributed by atoms with Crippen molar-refractivity contribution >= 4 is 21.8 Å². The number of H-pyrrole nitrogens is 1. The summed E-state index contributed by atoms with van der Waals surface area (Å²) in [6, 6.07) is 0. The lowest BCUT2D eigenvalue weighted by Gasteiger charge is -2.11. The summed E-state index contributed by atoms with van der Waals surface area (Å²) in [5.74, 6) is 0.757. The molecule has 1 atom stereocenters. The van der Waals surface area contributed by atoms with Gasteiger partial charge in [-0.1, -0.05) is 13.8 Å². The van der Waals surface area contributed by atoms with Crippen LogP contribution in [0.3, 0.4) is 0 Å². The summed E-state index contributed by atoms with van der Waals surface area (Å²) < 4.78 is 0.781. The van der Waals surface area contributed by atoms with Crippen LogP contribution in [0.5, 0.6) is 0 Å². The second-order valence-electron chi connectivity index (χ2n) is 5.58. The highest BCUT2D eigenvalue weighted by molar-refractivity contribution is 9.10. The fraction of sp³-hybridized carbons (Fsp3) is 0.692. The van der Waals surface area contributed by atoms with Gasteiger partial charge < -0.3 is 10.2 Å². The number of carbonyl (C=O) groups is 1. The van der Waals surface area contributed by atoms with Gasteiger partial charge in [0.05, 0.1) is 10.2 Å². The molecule has 1 aliphatic rings. The van der Waals surface area contributed by atoms with Crippen LogP contribution in [0.2, 0.25) is 0 Å². The van der Waals surface area contributed by atoms with Gasteiger partial charge in [0.15, 0.2) is 5.69 Å². The first-order chi connectivity index (χ1) is 8.99. The first kappa shape index (κ1) is 14.5. The van der Waals surface area contributed by atoms with Crippen molar-refractivity contribution in [2.75, 3.05) is 26.7 Å². The SMILES string of the molecule is CC(C)c1[nH]nc(C(=O)NCC2CCN(C)C2)c1Br. The van der Waals surface area contributed by atoms with Crippen molar-refractivity contribution in [2.24, 2.45) is 5.92 Å². The molecule has 0 aliphatic carbocycles. The number of halogens is 1. The van der Waals surface area contributed by atoms with Crippen LogP contribution >= 0.6 is 15.9 Å². The summed E-state index contributed by atoms with van der Waals surface area (Å²) in [5.41, 5.74) is 1.42. The third kappa shape index (κ3) is 3.36. The molecule has 5 nitrogen and oxygen atoms in total. The van der Waals surface area contributed by atoms with E-state index in [0.717, 1.165) is 36.2 Å². The molecule has 0 spiro atoms. The zero-order chi connectivity index (χ0) is 14.0. The van der Waals surface area contributed by atoms with E-state index < -0.39 is 0 Å². The second-order valence-corrected chi connectivity index (χ2v) is 6.37. The number of hydrogen-bond acceptors (Lipinski definition) is 3. The first-order valence-corrected chi connectivity index (χ1v) is 7.48. The standard InChI is InChI=1S/C13H21BrN4O/c1-8(2)11-10(14)12(17-16-11)13(19)15-6-9-4-5-18(3)7-9/h8-9H,4-7H2,1-3H3,(H,15,19)(H,16,17). The molecule has 1 aromatic heterocycles. The summed E-state index contributed by atoms with van der Waals surface area (Å²) in [4.78, 5) is 14.4. The summed E-state index contributed by atoms with van der Waals surface area (Å²) in [7, 11) is 2.11. The zero-order valence-corrected chi connectivity index (χ0v) is 13.2. The lowest BCUT2D eigenvalue weighted by Crippen LogP contribution is -2.30. The Morgan fingerprint density at radius 1 is 1.63 bits per heavy atom. The Balaban J connectivity index is 1.93. The Bertz CT molecular complexity index is 457. The molecule has 0 bridgehead atoms. The van der Waals surface area contributed by atoms with E-state index in [4.69, 9.17) is 0 Å². The lowest BCUT2D eigenvalue weighted by atomic mass is 10.1. The van der Waals surface area contributed by atoms with E-state index >= 15 is 0 Å². The normalized spacial score (nSPS) is 20.2. The Morgan fingerprint density at radius 2 is 2.37 bits per heavy atom. The van der Waals surface area contributed by atoms with Crippen LogP contribution in [0.1, 0.15) is 42.4 Å². The van der Waals surface area contributed by atoms with Gasteiger partial charge in [0.25, 0.3) is 5.91 Å². The average molecular weight is 329 g/mol. The maximum absolute atomic E-state index is 12.1. The highest BCUT2D eigenvalue weighted by Gasteiger charge is 2.22. The summed E-state index contributed by atoms with van der Waals surface area (Å²) in [5, 5.41) is 10.0. The van der Waals surface area contributed by atoms with Gasteiger partial charge in [-0.25, -0.2) is 0 Å². The van der Waals surface area contributed by atoms with E-state index in [1.807, 2.05) is 0 Å². The molecule has 106 valence electrons. The van der Waals surface area contributed by atoms with E-state index in [-0.39, 0.29) is 5.91 Å². The minimum Gasteiger partial charge on any atom is -0.350 e. The smallest absolute Gasteiger partial charge is 0.272 e. The van der Waals surface area contributed by atoms with E-state index in [9.17, 15) is 4.79 Å². The molecule has 0 saturated carbocycles. The number of amides is 1. The summed E-state index contributed by atoms with van der Waals surface area (Å²) in [6.07, 6.45) is 1.15. The van der Waals surface area contributed by atoms with Crippen molar-refractivity contribution in [3.63, 3.8) is 0 Å². The third-order valence-corrected chi connectivity index (χ3v) is 4.37. The van der Waals surface area contributed by atoms with Crippen molar-refractivity contribution in [2.45, 2.75) is 26.2 Å². The highest BCUT2D eigenvalue weighted by atomic mass is 79.9. The highest BCUT2D eigenvalue weighted by Crippen LogP contribution is 2.25. The van der Waals surface area contributed by atoms with E-state index in [2.05, 4.69) is 57.2 Å². The van der Waals surface area contributed by atoms with Crippen molar-refractivity contribution in [1.82, 2.24) is 20.4 Å². The van der Waals surface area contributed by atoms with Crippen LogP contribution in [0.25, 0.3) is 0 Å². The number of likely N-dealkylation sites (tertiary alicyclic amines) is 1. The van der Waals surface area contributed by atoms with Gasteiger partial charge in [0, 0.05) is 13.1 Å². The minimum atomic E-state index is -0.107. The first-order valence-electron chi connectivity index (χ1n) is 6.69. The van der Waals surface area contributed by atoms with Crippen molar-refractivity contribution in [1.29, 1.82) is 0 Å². The Labute approximate surface area is 122 Å². The zero-order valence-electron chi connectivity index (χ0n) is 11.7. The van der Waals surface area contributed by atoms with Gasteiger partial charge in [-0.2, -0.15) is 5.10 Å². The molecule has 1 aliphatic heterocycles. The van der Waals surface area contributed by atoms with E-state index in [1.54, 1.807) is 0 Å². The van der Waals surface area contributed by atoms with Gasteiger partial charge in [-0.15, -0.1) is 0 Å². The molecule has 19 heavy (non-hydrogen) atoms. The molecule has 1 fully saturated rings. The molecule has 2 rings (SSSR count). The number of nitrogens with one attached hydrogen (secondary N) is 2. The van der Waals surface area contributed by atoms with Crippen LogP contribution in [0.4, 0.5) is 0 Å². The molecule has 1 amide bonds. The number of aromatic amines is 1. The Morgan fingerprint density at radius 3 is 2.89 bits per heavy atom. The summed E-state index contributed by atoms with van der Waals surface area (Å²) in [6.45, 7) is 7.02. The number of rotatable bonds is 4. The quantitative estimate of drug-likeness (QED) is 0.888. The Kier molecular flexibility index (Phi) is 4.62. The van der Waals surface area contributed by atoms with Gasteiger partial charge >= 0.3 is 0 Å². The number of nitrogens with zero attached hydrogens (tertiary/aromatic N) is 2. The van der Waals surface area contributed by atoms with Crippen molar-refractivity contribution in [3.05, 3.63) is 15.9 Å². The maximum Gasteiger partial charge on any atom is 0.272 e. The minimum absolute atomic E-state index is 0.107. The fourth-order valence-electron chi connectivity index (χ4n) is 2.39. The number of aromatic nitrogens is 2. The third-order valence-electron chi connectivity index (χ3n) is 3.57. The molecule has 1 aromatic rings. The van der Waals surface area contributed by atoms with Crippen LogP contribution in [-0.4, -0.2) is 47.7 Å². The largest absolute Gasteiger partial charge is 0.350 e. The van der Waals surface area contributed by atoms with Crippen LogP contribution in [0.15, 0.2) is 4.47 Å². The summed E-state index contributed by atoms with van der Waals surface area (Å²) >= 11 is 3.45. The second kappa shape index (κ2) is 6.05.